The molecule has 2 N–H and O–H groups in total. The van der Waals surface area contributed by atoms with Crippen molar-refractivity contribution in [3.8, 4) is 0 Å². The number of esters is 1. The Bertz CT molecular complexity index is 479. The van der Waals surface area contributed by atoms with Crippen molar-refractivity contribution >= 4 is 11.9 Å². The Morgan fingerprint density at radius 2 is 2.19 bits per heavy atom. The van der Waals surface area contributed by atoms with Gasteiger partial charge in [-0.15, -0.1) is 0 Å². The lowest BCUT2D eigenvalue weighted by Crippen LogP contribution is -2.38. The summed E-state index contributed by atoms with van der Waals surface area (Å²) >= 11 is 0. The molecule has 0 saturated heterocycles. The molecule has 0 aliphatic heterocycles. The number of methoxy groups -OCH3 is 1. The highest BCUT2D eigenvalue weighted by molar-refractivity contribution is 5.96. The zero-order valence-corrected chi connectivity index (χ0v) is 12.4. The molecule has 0 aliphatic carbocycles. The van der Waals surface area contributed by atoms with Crippen LogP contribution in [-0.4, -0.2) is 55.2 Å². The number of nitrogens with zero attached hydrogens (tertiary/aromatic N) is 2. The van der Waals surface area contributed by atoms with Crippen LogP contribution in [0, 0.1) is 0 Å². The van der Waals surface area contributed by atoms with E-state index < -0.39 is 5.97 Å². The number of rotatable bonds is 8. The summed E-state index contributed by atoms with van der Waals surface area (Å²) in [7, 11) is 1.53. The van der Waals surface area contributed by atoms with Crippen molar-refractivity contribution in [2.45, 2.75) is 13.5 Å². The molecule has 1 heterocycles. The van der Waals surface area contributed by atoms with Crippen LogP contribution in [0.25, 0.3) is 0 Å². The van der Waals surface area contributed by atoms with Gasteiger partial charge in [0.2, 0.25) is 0 Å². The minimum absolute atomic E-state index is 0.115. The first-order valence-corrected chi connectivity index (χ1v) is 6.71. The maximum atomic E-state index is 12.5. The van der Waals surface area contributed by atoms with Gasteiger partial charge in [-0.3, -0.25) is 14.6 Å². The highest BCUT2D eigenvalue weighted by Crippen LogP contribution is 2.07. The number of hydrogen-bond donors (Lipinski definition) is 1. The van der Waals surface area contributed by atoms with Crippen molar-refractivity contribution in [3.05, 3.63) is 29.6 Å². The van der Waals surface area contributed by atoms with Gasteiger partial charge in [0.1, 0.15) is 6.54 Å². The Hall–Kier alpha value is -1.99. The van der Waals surface area contributed by atoms with E-state index in [4.69, 9.17) is 15.2 Å². The van der Waals surface area contributed by atoms with Gasteiger partial charge < -0.3 is 20.1 Å². The van der Waals surface area contributed by atoms with Crippen molar-refractivity contribution in [1.82, 2.24) is 9.88 Å². The van der Waals surface area contributed by atoms with Crippen molar-refractivity contribution < 1.29 is 19.1 Å². The van der Waals surface area contributed by atoms with Crippen molar-refractivity contribution in [2.75, 3.05) is 33.4 Å². The molecule has 0 atom stereocenters. The smallest absolute Gasteiger partial charge is 0.325 e. The second-order valence-corrected chi connectivity index (χ2v) is 4.26. The van der Waals surface area contributed by atoms with Gasteiger partial charge in [-0.25, -0.2) is 0 Å². The SMILES string of the molecule is CCOC(=O)CN(CCOC)C(=O)c1ccnc(CN)c1. The second kappa shape index (κ2) is 9.04. The summed E-state index contributed by atoms with van der Waals surface area (Å²) in [5.74, 6) is -0.729. The maximum absolute atomic E-state index is 12.5. The van der Waals surface area contributed by atoms with Gasteiger partial charge in [-0.1, -0.05) is 0 Å². The largest absolute Gasteiger partial charge is 0.465 e. The first-order valence-electron chi connectivity index (χ1n) is 6.71. The molecule has 0 bridgehead atoms. The van der Waals surface area contributed by atoms with E-state index in [-0.39, 0.29) is 25.6 Å². The third kappa shape index (κ3) is 5.49. The highest BCUT2D eigenvalue weighted by atomic mass is 16.5. The third-order valence-corrected chi connectivity index (χ3v) is 2.75. The molecule has 0 saturated carbocycles. The van der Waals surface area contributed by atoms with Gasteiger partial charge in [0.15, 0.2) is 0 Å². The predicted molar refractivity (Wildman–Crippen MR) is 76.5 cm³/mol. The van der Waals surface area contributed by atoms with Gasteiger partial charge >= 0.3 is 5.97 Å². The van der Waals surface area contributed by atoms with Gasteiger partial charge in [0, 0.05) is 32.0 Å². The number of ether oxygens (including phenoxy) is 2. The Morgan fingerprint density at radius 3 is 2.81 bits per heavy atom. The Labute approximate surface area is 124 Å². The van der Waals surface area contributed by atoms with E-state index in [1.54, 1.807) is 19.1 Å². The van der Waals surface area contributed by atoms with E-state index in [0.29, 0.717) is 24.4 Å². The topological polar surface area (TPSA) is 94.7 Å². The molecule has 116 valence electrons. The van der Waals surface area contributed by atoms with Gasteiger partial charge in [0.25, 0.3) is 5.91 Å². The molecular weight excluding hydrogens is 274 g/mol. The van der Waals surface area contributed by atoms with Crippen molar-refractivity contribution in [2.24, 2.45) is 5.73 Å². The first kappa shape index (κ1) is 17.1. The van der Waals surface area contributed by atoms with Crippen LogP contribution < -0.4 is 5.73 Å². The first-order chi connectivity index (χ1) is 10.1. The lowest BCUT2D eigenvalue weighted by Gasteiger charge is -2.21. The molecule has 21 heavy (non-hydrogen) atoms. The van der Waals surface area contributed by atoms with Crippen LogP contribution in [0.2, 0.25) is 0 Å². The van der Waals surface area contributed by atoms with E-state index in [0.717, 1.165) is 0 Å². The Balaban J connectivity index is 2.84. The van der Waals surface area contributed by atoms with Crippen molar-refractivity contribution in [1.29, 1.82) is 0 Å². The standard InChI is InChI=1S/C14H21N3O4/c1-3-21-13(18)10-17(6-7-20-2)14(19)11-4-5-16-12(8-11)9-15/h4-5,8H,3,6-7,9-10,15H2,1-2H3. The summed E-state index contributed by atoms with van der Waals surface area (Å²) in [6.45, 7) is 2.76. The minimum Gasteiger partial charge on any atom is -0.465 e. The zero-order chi connectivity index (χ0) is 15.7. The molecule has 1 aromatic heterocycles. The maximum Gasteiger partial charge on any atom is 0.325 e. The number of hydrogen-bond acceptors (Lipinski definition) is 6. The summed E-state index contributed by atoms with van der Waals surface area (Å²) in [5, 5.41) is 0. The van der Waals surface area contributed by atoms with E-state index >= 15 is 0 Å². The Morgan fingerprint density at radius 1 is 1.43 bits per heavy atom. The van der Waals surface area contributed by atoms with Crippen LogP contribution in [0.3, 0.4) is 0 Å². The number of carbonyl (C=O) groups excluding carboxylic acids is 2. The van der Waals surface area contributed by atoms with E-state index in [1.165, 1.54) is 18.2 Å². The summed E-state index contributed by atoms with van der Waals surface area (Å²) in [6.07, 6.45) is 1.52. The van der Waals surface area contributed by atoms with Gasteiger partial charge in [-0.2, -0.15) is 0 Å². The van der Waals surface area contributed by atoms with Crippen molar-refractivity contribution in [3.63, 3.8) is 0 Å². The summed E-state index contributed by atoms with van der Waals surface area (Å²) in [6, 6.07) is 3.21. The zero-order valence-electron chi connectivity index (χ0n) is 12.4. The fraction of sp³-hybridized carbons (Fsp3) is 0.500. The molecule has 0 radical (unpaired) electrons. The highest BCUT2D eigenvalue weighted by Gasteiger charge is 2.19. The minimum atomic E-state index is -0.449. The molecule has 0 aliphatic rings. The summed E-state index contributed by atoms with van der Waals surface area (Å²) in [4.78, 5) is 29.5. The van der Waals surface area contributed by atoms with Gasteiger partial charge in [-0.05, 0) is 19.1 Å². The van der Waals surface area contributed by atoms with Crippen LogP contribution >= 0.6 is 0 Å². The summed E-state index contributed by atoms with van der Waals surface area (Å²) in [5.41, 5.74) is 6.56. The number of nitrogens with two attached hydrogens (primary N) is 1. The monoisotopic (exact) mass is 295 g/mol. The lowest BCUT2D eigenvalue weighted by molar-refractivity contribution is -0.143. The molecule has 7 heteroatoms. The fourth-order valence-electron chi connectivity index (χ4n) is 1.72. The fourth-order valence-corrected chi connectivity index (χ4v) is 1.72. The normalized spacial score (nSPS) is 10.2. The molecule has 1 rings (SSSR count). The van der Waals surface area contributed by atoms with E-state index in [1.807, 2.05) is 0 Å². The van der Waals surface area contributed by atoms with Crippen LogP contribution in [0.1, 0.15) is 23.0 Å². The average Bonchev–Trinajstić information content (AvgIpc) is 2.51. The second-order valence-electron chi connectivity index (χ2n) is 4.26. The number of amides is 1. The number of pyridine rings is 1. The molecule has 0 fully saturated rings. The molecular formula is C14H21N3O4. The van der Waals surface area contributed by atoms with Crippen LogP contribution in [0.5, 0.6) is 0 Å². The average molecular weight is 295 g/mol. The van der Waals surface area contributed by atoms with E-state index in [9.17, 15) is 9.59 Å². The van der Waals surface area contributed by atoms with Crippen LogP contribution in [0.15, 0.2) is 18.3 Å². The number of carbonyl (C=O) groups is 2. The predicted octanol–water partition coefficient (Wildman–Crippen LogP) is 0.192. The molecule has 1 amide bonds. The summed E-state index contributed by atoms with van der Waals surface area (Å²) < 4.78 is 9.84. The quantitative estimate of drug-likeness (QED) is 0.688. The lowest BCUT2D eigenvalue weighted by atomic mass is 10.2. The molecule has 1 aromatic rings. The van der Waals surface area contributed by atoms with Crippen LogP contribution in [-0.2, 0) is 20.8 Å². The Kier molecular flexibility index (Phi) is 7.34. The molecule has 7 nitrogen and oxygen atoms in total. The molecule has 0 unspecified atom stereocenters. The van der Waals surface area contributed by atoms with Crippen LogP contribution in [0.4, 0.5) is 0 Å². The number of aromatic nitrogens is 1. The molecule has 0 spiro atoms. The van der Waals surface area contributed by atoms with Gasteiger partial charge in [0.05, 0.1) is 18.9 Å². The molecule has 0 aromatic carbocycles. The van der Waals surface area contributed by atoms with E-state index in [2.05, 4.69) is 4.98 Å². The third-order valence-electron chi connectivity index (χ3n) is 2.75.